The Labute approximate surface area is 98.8 Å². The molecule has 0 saturated carbocycles. The van der Waals surface area contributed by atoms with Crippen LogP contribution in [0, 0.1) is 0 Å². The number of para-hydroxylation sites is 1. The molecule has 1 aromatic carbocycles. The van der Waals surface area contributed by atoms with Crippen molar-refractivity contribution in [1.82, 2.24) is 0 Å². The Morgan fingerprint density at radius 1 is 1.19 bits per heavy atom. The van der Waals surface area contributed by atoms with Gasteiger partial charge in [-0.1, -0.05) is 39.0 Å². The minimum absolute atomic E-state index is 0.130. The summed E-state index contributed by atoms with van der Waals surface area (Å²) >= 11 is 0. The van der Waals surface area contributed by atoms with Crippen LogP contribution < -0.4 is 10.5 Å². The Balaban J connectivity index is 2.86. The van der Waals surface area contributed by atoms with Crippen LogP contribution in [-0.4, -0.2) is 12.6 Å². The number of hydrogen-bond acceptors (Lipinski definition) is 2. The smallest absolute Gasteiger partial charge is 0.123 e. The number of hydrogen-bond donors (Lipinski definition) is 1. The minimum Gasteiger partial charge on any atom is -0.489 e. The quantitative estimate of drug-likeness (QED) is 0.799. The summed E-state index contributed by atoms with van der Waals surface area (Å²) < 4.78 is 5.94. The molecule has 0 amide bonds. The first kappa shape index (κ1) is 13.0. The van der Waals surface area contributed by atoms with Gasteiger partial charge < -0.3 is 10.5 Å². The number of nitrogens with two attached hydrogens (primary N) is 1. The zero-order valence-corrected chi connectivity index (χ0v) is 10.6. The standard InChI is InChI=1S/C14H23NO/c1-4-11(3)13-8-6-7-9-14(13)16-12(5-2)10-15/h6-9,11-12H,4-5,10,15H2,1-3H3. The average Bonchev–Trinajstić information content (AvgIpc) is 2.35. The molecule has 0 aliphatic carbocycles. The maximum Gasteiger partial charge on any atom is 0.123 e. The Bertz CT molecular complexity index is 307. The Kier molecular flexibility index (Phi) is 5.33. The second-order valence-electron chi connectivity index (χ2n) is 4.23. The van der Waals surface area contributed by atoms with Crippen LogP contribution in [0.2, 0.25) is 0 Å². The molecule has 90 valence electrons. The van der Waals surface area contributed by atoms with E-state index in [1.807, 2.05) is 12.1 Å². The summed E-state index contributed by atoms with van der Waals surface area (Å²) in [7, 11) is 0. The second kappa shape index (κ2) is 6.54. The molecular weight excluding hydrogens is 198 g/mol. The third-order valence-corrected chi connectivity index (χ3v) is 3.07. The van der Waals surface area contributed by atoms with Crippen molar-refractivity contribution in [3.63, 3.8) is 0 Å². The molecule has 0 saturated heterocycles. The highest BCUT2D eigenvalue weighted by atomic mass is 16.5. The Morgan fingerprint density at radius 3 is 2.44 bits per heavy atom. The van der Waals surface area contributed by atoms with Gasteiger partial charge >= 0.3 is 0 Å². The van der Waals surface area contributed by atoms with Crippen molar-refractivity contribution >= 4 is 0 Å². The molecule has 2 N–H and O–H groups in total. The monoisotopic (exact) mass is 221 g/mol. The molecule has 0 aliphatic rings. The maximum absolute atomic E-state index is 5.94. The summed E-state index contributed by atoms with van der Waals surface area (Å²) in [6.45, 7) is 7.10. The lowest BCUT2D eigenvalue weighted by Crippen LogP contribution is -2.26. The molecule has 2 unspecified atom stereocenters. The van der Waals surface area contributed by atoms with Gasteiger partial charge in [0.2, 0.25) is 0 Å². The van der Waals surface area contributed by atoms with E-state index >= 15 is 0 Å². The van der Waals surface area contributed by atoms with Gasteiger partial charge in [-0.05, 0) is 30.4 Å². The molecule has 0 bridgehead atoms. The fourth-order valence-electron chi connectivity index (χ4n) is 1.69. The largest absolute Gasteiger partial charge is 0.489 e. The molecule has 2 atom stereocenters. The number of ether oxygens (including phenoxy) is 1. The van der Waals surface area contributed by atoms with Crippen LogP contribution in [0.4, 0.5) is 0 Å². The van der Waals surface area contributed by atoms with Gasteiger partial charge in [-0.3, -0.25) is 0 Å². The number of rotatable bonds is 6. The molecule has 0 aliphatic heterocycles. The zero-order valence-electron chi connectivity index (χ0n) is 10.6. The van der Waals surface area contributed by atoms with Gasteiger partial charge in [0.25, 0.3) is 0 Å². The molecule has 0 spiro atoms. The van der Waals surface area contributed by atoms with Crippen LogP contribution in [0.5, 0.6) is 5.75 Å². The molecule has 2 heteroatoms. The first-order valence-electron chi connectivity index (χ1n) is 6.18. The first-order valence-corrected chi connectivity index (χ1v) is 6.18. The third-order valence-electron chi connectivity index (χ3n) is 3.07. The van der Waals surface area contributed by atoms with Gasteiger partial charge in [-0.15, -0.1) is 0 Å². The molecule has 0 radical (unpaired) electrons. The van der Waals surface area contributed by atoms with E-state index in [4.69, 9.17) is 10.5 Å². The lowest BCUT2D eigenvalue weighted by atomic mass is 9.98. The fourth-order valence-corrected chi connectivity index (χ4v) is 1.69. The molecular formula is C14H23NO. The molecule has 0 aromatic heterocycles. The number of benzene rings is 1. The molecule has 16 heavy (non-hydrogen) atoms. The van der Waals surface area contributed by atoms with Crippen molar-refractivity contribution in [1.29, 1.82) is 0 Å². The van der Waals surface area contributed by atoms with E-state index in [9.17, 15) is 0 Å². The van der Waals surface area contributed by atoms with E-state index in [0.29, 0.717) is 12.5 Å². The third kappa shape index (κ3) is 3.24. The van der Waals surface area contributed by atoms with Crippen molar-refractivity contribution in [2.24, 2.45) is 5.73 Å². The maximum atomic E-state index is 5.94. The summed E-state index contributed by atoms with van der Waals surface area (Å²) in [6, 6.07) is 8.27. The van der Waals surface area contributed by atoms with Crippen molar-refractivity contribution < 1.29 is 4.74 Å². The van der Waals surface area contributed by atoms with E-state index in [1.54, 1.807) is 0 Å². The summed E-state index contributed by atoms with van der Waals surface area (Å²) in [5.41, 5.74) is 6.95. The van der Waals surface area contributed by atoms with Crippen LogP contribution in [0.1, 0.15) is 45.1 Å². The van der Waals surface area contributed by atoms with Crippen molar-refractivity contribution in [2.75, 3.05) is 6.54 Å². The highest BCUT2D eigenvalue weighted by Crippen LogP contribution is 2.29. The van der Waals surface area contributed by atoms with E-state index in [2.05, 4.69) is 32.9 Å². The van der Waals surface area contributed by atoms with Crippen LogP contribution >= 0.6 is 0 Å². The SMILES string of the molecule is CCC(CN)Oc1ccccc1C(C)CC. The van der Waals surface area contributed by atoms with E-state index in [-0.39, 0.29) is 6.10 Å². The summed E-state index contributed by atoms with van der Waals surface area (Å²) in [4.78, 5) is 0. The second-order valence-corrected chi connectivity index (χ2v) is 4.23. The molecule has 0 fully saturated rings. The summed E-state index contributed by atoms with van der Waals surface area (Å²) in [5, 5.41) is 0. The highest BCUT2D eigenvalue weighted by Gasteiger charge is 2.12. The highest BCUT2D eigenvalue weighted by molar-refractivity contribution is 5.36. The van der Waals surface area contributed by atoms with E-state index < -0.39 is 0 Å². The summed E-state index contributed by atoms with van der Waals surface area (Å²) in [6.07, 6.45) is 2.20. The van der Waals surface area contributed by atoms with Crippen LogP contribution in [0.3, 0.4) is 0 Å². The molecule has 2 nitrogen and oxygen atoms in total. The zero-order chi connectivity index (χ0) is 12.0. The van der Waals surface area contributed by atoms with E-state index in [1.165, 1.54) is 5.56 Å². The van der Waals surface area contributed by atoms with Crippen LogP contribution in [-0.2, 0) is 0 Å². The lowest BCUT2D eigenvalue weighted by Gasteiger charge is -2.20. The Hall–Kier alpha value is -1.02. The predicted molar refractivity (Wildman–Crippen MR) is 68.9 cm³/mol. The molecule has 1 rings (SSSR count). The minimum atomic E-state index is 0.130. The van der Waals surface area contributed by atoms with Crippen LogP contribution in [0.25, 0.3) is 0 Å². The van der Waals surface area contributed by atoms with Crippen molar-refractivity contribution in [2.45, 2.75) is 45.6 Å². The fraction of sp³-hybridized carbons (Fsp3) is 0.571. The van der Waals surface area contributed by atoms with Gasteiger partial charge in [-0.25, -0.2) is 0 Å². The van der Waals surface area contributed by atoms with Gasteiger partial charge in [0.15, 0.2) is 0 Å². The topological polar surface area (TPSA) is 35.2 Å². The predicted octanol–water partition coefficient (Wildman–Crippen LogP) is 3.32. The average molecular weight is 221 g/mol. The van der Waals surface area contributed by atoms with Crippen molar-refractivity contribution in [3.05, 3.63) is 29.8 Å². The molecule has 0 heterocycles. The van der Waals surface area contributed by atoms with Crippen LogP contribution in [0.15, 0.2) is 24.3 Å². The van der Waals surface area contributed by atoms with Crippen molar-refractivity contribution in [3.8, 4) is 5.75 Å². The Morgan fingerprint density at radius 2 is 1.88 bits per heavy atom. The lowest BCUT2D eigenvalue weighted by molar-refractivity contribution is 0.202. The normalized spacial score (nSPS) is 14.5. The van der Waals surface area contributed by atoms with E-state index in [0.717, 1.165) is 18.6 Å². The van der Waals surface area contributed by atoms with Gasteiger partial charge in [0.1, 0.15) is 11.9 Å². The van der Waals surface area contributed by atoms with Gasteiger partial charge in [-0.2, -0.15) is 0 Å². The van der Waals surface area contributed by atoms with Gasteiger partial charge in [0, 0.05) is 6.54 Å². The first-order chi connectivity index (χ1) is 7.72. The van der Waals surface area contributed by atoms with Gasteiger partial charge in [0.05, 0.1) is 0 Å². The molecule has 1 aromatic rings. The summed E-state index contributed by atoms with van der Waals surface area (Å²) in [5.74, 6) is 1.53.